The number of anilines is 1. The Kier molecular flexibility index (Phi) is 5.41. The first-order chi connectivity index (χ1) is 12.8. The van der Waals surface area contributed by atoms with Crippen LogP contribution in [0.25, 0.3) is 0 Å². The van der Waals surface area contributed by atoms with E-state index in [9.17, 15) is 13.2 Å². The molecule has 3 rings (SSSR count). The Morgan fingerprint density at radius 1 is 1.19 bits per heavy atom. The molecule has 0 saturated carbocycles. The van der Waals surface area contributed by atoms with E-state index in [1.807, 2.05) is 31.2 Å². The summed E-state index contributed by atoms with van der Waals surface area (Å²) in [5.41, 5.74) is 2.63. The van der Waals surface area contributed by atoms with E-state index < -0.39 is 16.1 Å². The number of para-hydroxylation sites is 2. The van der Waals surface area contributed by atoms with Crippen molar-refractivity contribution >= 4 is 21.6 Å². The summed E-state index contributed by atoms with van der Waals surface area (Å²) in [6.07, 6.45) is -0.878. The number of likely N-dealkylation sites (N-methyl/N-ethyl adjacent to an activating group) is 1. The van der Waals surface area contributed by atoms with Crippen LogP contribution in [0.1, 0.15) is 18.1 Å². The number of nitrogens with zero attached hydrogens (tertiary/aromatic N) is 2. The molecule has 0 radical (unpaired) electrons. The molecule has 6 nitrogen and oxygen atoms in total. The number of ether oxygens (including phenoxy) is 1. The Morgan fingerprint density at radius 2 is 1.85 bits per heavy atom. The average molecular weight is 388 g/mol. The number of carbonyl (C=O) groups excluding carboxylic acids is 1. The van der Waals surface area contributed by atoms with E-state index in [-0.39, 0.29) is 18.2 Å². The second-order valence-corrected chi connectivity index (χ2v) is 8.87. The van der Waals surface area contributed by atoms with Crippen LogP contribution in [0.15, 0.2) is 48.5 Å². The number of aryl methyl sites for hydroxylation is 1. The SMILES string of the molecule is CCS(=O)(=O)N1C[C@H](C(=O)N(C)Cc2ccc(C)cc2)Oc2ccccc21. The van der Waals surface area contributed by atoms with E-state index in [1.54, 1.807) is 43.1 Å². The highest BCUT2D eigenvalue weighted by Gasteiger charge is 2.37. The number of sulfonamides is 1. The van der Waals surface area contributed by atoms with Gasteiger partial charge in [-0.1, -0.05) is 42.0 Å². The number of rotatable bonds is 5. The van der Waals surface area contributed by atoms with Gasteiger partial charge >= 0.3 is 0 Å². The highest BCUT2D eigenvalue weighted by Crippen LogP contribution is 2.35. The van der Waals surface area contributed by atoms with Gasteiger partial charge < -0.3 is 9.64 Å². The van der Waals surface area contributed by atoms with E-state index in [0.717, 1.165) is 11.1 Å². The minimum absolute atomic E-state index is 0.0236. The van der Waals surface area contributed by atoms with Crippen LogP contribution in [0.4, 0.5) is 5.69 Å². The quantitative estimate of drug-likeness (QED) is 0.790. The van der Waals surface area contributed by atoms with Gasteiger partial charge in [-0.05, 0) is 31.5 Å². The van der Waals surface area contributed by atoms with Gasteiger partial charge in [-0.2, -0.15) is 0 Å². The Morgan fingerprint density at radius 3 is 2.52 bits per heavy atom. The molecule has 0 unspecified atom stereocenters. The zero-order valence-corrected chi connectivity index (χ0v) is 16.6. The lowest BCUT2D eigenvalue weighted by molar-refractivity contribution is -0.137. The van der Waals surface area contributed by atoms with Crippen LogP contribution >= 0.6 is 0 Å². The van der Waals surface area contributed by atoms with Gasteiger partial charge in [-0.3, -0.25) is 9.10 Å². The summed E-state index contributed by atoms with van der Waals surface area (Å²) in [6.45, 7) is 4.01. The van der Waals surface area contributed by atoms with Crippen molar-refractivity contribution in [3.8, 4) is 5.75 Å². The van der Waals surface area contributed by atoms with Gasteiger partial charge in [-0.25, -0.2) is 8.42 Å². The monoisotopic (exact) mass is 388 g/mol. The zero-order valence-electron chi connectivity index (χ0n) is 15.8. The van der Waals surface area contributed by atoms with Gasteiger partial charge in [0, 0.05) is 13.6 Å². The maximum absolute atomic E-state index is 12.9. The minimum Gasteiger partial charge on any atom is -0.476 e. The molecular weight excluding hydrogens is 364 g/mol. The number of carbonyl (C=O) groups is 1. The Labute approximate surface area is 160 Å². The standard InChI is InChI=1S/C20H24N2O4S/c1-4-27(24,25)22-14-19(26-18-8-6-5-7-17(18)22)20(23)21(3)13-16-11-9-15(2)10-12-16/h5-12,19H,4,13-14H2,1-3H3/t19-/m1/s1. The molecule has 1 atom stereocenters. The van der Waals surface area contributed by atoms with Gasteiger partial charge in [-0.15, -0.1) is 0 Å². The minimum atomic E-state index is -3.51. The highest BCUT2D eigenvalue weighted by atomic mass is 32.2. The molecule has 1 aliphatic rings. The maximum atomic E-state index is 12.9. The molecule has 0 N–H and O–H groups in total. The summed E-state index contributed by atoms with van der Waals surface area (Å²) in [4.78, 5) is 14.5. The predicted molar refractivity (Wildman–Crippen MR) is 105 cm³/mol. The van der Waals surface area contributed by atoms with Crippen LogP contribution in [-0.2, 0) is 21.4 Å². The summed E-state index contributed by atoms with van der Waals surface area (Å²) in [6, 6.07) is 14.8. The molecule has 1 heterocycles. The molecule has 1 amide bonds. The Hall–Kier alpha value is -2.54. The summed E-state index contributed by atoms with van der Waals surface area (Å²) in [7, 11) is -1.81. The first-order valence-corrected chi connectivity index (χ1v) is 10.5. The van der Waals surface area contributed by atoms with Crippen molar-refractivity contribution in [3.63, 3.8) is 0 Å². The van der Waals surface area contributed by atoms with Crippen LogP contribution < -0.4 is 9.04 Å². The fourth-order valence-electron chi connectivity index (χ4n) is 3.04. The van der Waals surface area contributed by atoms with Crippen molar-refractivity contribution in [2.75, 3.05) is 23.7 Å². The van der Waals surface area contributed by atoms with E-state index in [2.05, 4.69) is 0 Å². The zero-order chi connectivity index (χ0) is 19.6. The Bertz CT molecular complexity index is 925. The largest absolute Gasteiger partial charge is 0.476 e. The second kappa shape index (κ2) is 7.60. The molecule has 144 valence electrons. The normalized spacial score (nSPS) is 16.4. The number of amides is 1. The molecule has 1 aliphatic heterocycles. The topological polar surface area (TPSA) is 66.9 Å². The first kappa shape index (κ1) is 19.2. The molecule has 0 bridgehead atoms. The van der Waals surface area contributed by atoms with Gasteiger partial charge in [0.05, 0.1) is 18.0 Å². The predicted octanol–water partition coefficient (Wildman–Crippen LogP) is 2.57. The number of hydrogen-bond acceptors (Lipinski definition) is 4. The highest BCUT2D eigenvalue weighted by molar-refractivity contribution is 7.92. The molecule has 27 heavy (non-hydrogen) atoms. The van der Waals surface area contributed by atoms with Crippen LogP contribution in [-0.4, -0.2) is 44.7 Å². The summed E-state index contributed by atoms with van der Waals surface area (Å²) < 4.78 is 32.2. The lowest BCUT2D eigenvalue weighted by Gasteiger charge is -2.36. The molecule has 2 aromatic carbocycles. The molecule has 7 heteroatoms. The van der Waals surface area contributed by atoms with E-state index in [4.69, 9.17) is 4.74 Å². The lowest BCUT2D eigenvalue weighted by atomic mass is 10.1. The number of benzene rings is 2. The fraction of sp³-hybridized carbons (Fsp3) is 0.350. The molecule has 2 aromatic rings. The molecule has 0 aromatic heterocycles. The average Bonchev–Trinajstić information content (AvgIpc) is 2.68. The van der Waals surface area contributed by atoms with Gasteiger partial charge in [0.1, 0.15) is 5.75 Å². The maximum Gasteiger partial charge on any atom is 0.265 e. The first-order valence-electron chi connectivity index (χ1n) is 8.88. The molecule has 0 fully saturated rings. The van der Waals surface area contributed by atoms with Gasteiger partial charge in [0.2, 0.25) is 10.0 Å². The number of hydrogen-bond donors (Lipinski definition) is 0. The van der Waals surface area contributed by atoms with Crippen molar-refractivity contribution in [3.05, 3.63) is 59.7 Å². The van der Waals surface area contributed by atoms with E-state index >= 15 is 0 Å². The van der Waals surface area contributed by atoms with E-state index in [1.165, 1.54) is 4.31 Å². The third kappa shape index (κ3) is 4.08. The molecule has 0 saturated heterocycles. The smallest absolute Gasteiger partial charge is 0.265 e. The Balaban J connectivity index is 1.82. The van der Waals surface area contributed by atoms with Crippen molar-refractivity contribution < 1.29 is 17.9 Å². The lowest BCUT2D eigenvalue weighted by Crippen LogP contribution is -2.51. The van der Waals surface area contributed by atoms with Crippen LogP contribution in [0.2, 0.25) is 0 Å². The summed E-state index contributed by atoms with van der Waals surface area (Å²) in [5, 5.41) is 0. The van der Waals surface area contributed by atoms with Crippen LogP contribution in [0.5, 0.6) is 5.75 Å². The third-order valence-electron chi connectivity index (χ3n) is 4.63. The van der Waals surface area contributed by atoms with Crippen LogP contribution in [0, 0.1) is 6.92 Å². The van der Waals surface area contributed by atoms with Crippen LogP contribution in [0.3, 0.4) is 0 Å². The molecule has 0 spiro atoms. The second-order valence-electron chi connectivity index (χ2n) is 6.69. The van der Waals surface area contributed by atoms with Crippen molar-refractivity contribution in [1.82, 2.24) is 4.90 Å². The summed E-state index contributed by atoms with van der Waals surface area (Å²) in [5.74, 6) is 0.116. The van der Waals surface area contributed by atoms with Crippen molar-refractivity contribution in [2.24, 2.45) is 0 Å². The third-order valence-corrected chi connectivity index (χ3v) is 6.37. The van der Waals surface area contributed by atoms with Crippen molar-refractivity contribution in [1.29, 1.82) is 0 Å². The van der Waals surface area contributed by atoms with E-state index in [0.29, 0.717) is 18.0 Å². The summed E-state index contributed by atoms with van der Waals surface area (Å²) >= 11 is 0. The van der Waals surface area contributed by atoms with Gasteiger partial charge in [0.15, 0.2) is 6.10 Å². The fourth-order valence-corrected chi connectivity index (χ4v) is 4.17. The number of fused-ring (bicyclic) bond motifs is 1. The molecular formula is C20H24N2O4S. The molecule has 0 aliphatic carbocycles. The van der Waals surface area contributed by atoms with Gasteiger partial charge in [0.25, 0.3) is 5.91 Å². The van der Waals surface area contributed by atoms with Crippen molar-refractivity contribution in [2.45, 2.75) is 26.5 Å².